The monoisotopic (exact) mass is 290 g/mol. The van der Waals surface area contributed by atoms with Crippen LogP contribution < -0.4 is 5.32 Å². The van der Waals surface area contributed by atoms with Crippen LogP contribution in [0.5, 0.6) is 0 Å². The fraction of sp³-hybridized carbons (Fsp3) is 0.429. The third-order valence-electron chi connectivity index (χ3n) is 3.31. The Bertz CT molecular complexity index is 693. The van der Waals surface area contributed by atoms with Crippen molar-refractivity contribution >= 4 is 22.9 Å². The second kappa shape index (κ2) is 5.90. The SMILES string of the molecule is CCCC(NC(=O)c1cnc2c(c1)c(C)nn2C)C(=O)O. The van der Waals surface area contributed by atoms with Crippen molar-refractivity contribution in [3.8, 4) is 0 Å². The van der Waals surface area contributed by atoms with Gasteiger partial charge in [0.1, 0.15) is 6.04 Å². The predicted molar refractivity (Wildman–Crippen MR) is 77.0 cm³/mol. The zero-order valence-electron chi connectivity index (χ0n) is 12.3. The highest BCUT2D eigenvalue weighted by Gasteiger charge is 2.20. The number of fused-ring (bicyclic) bond motifs is 1. The summed E-state index contributed by atoms with van der Waals surface area (Å²) in [4.78, 5) is 27.4. The molecule has 0 fully saturated rings. The molecule has 2 N–H and O–H groups in total. The van der Waals surface area contributed by atoms with Crippen molar-refractivity contribution in [2.75, 3.05) is 0 Å². The van der Waals surface area contributed by atoms with Gasteiger partial charge in [0.15, 0.2) is 5.65 Å². The topological polar surface area (TPSA) is 97.1 Å². The standard InChI is InChI=1S/C14H18N4O3/c1-4-5-11(14(20)21)16-13(19)9-6-10-8(2)17-18(3)12(10)15-7-9/h6-7,11H,4-5H2,1-3H3,(H,16,19)(H,20,21). The maximum Gasteiger partial charge on any atom is 0.326 e. The quantitative estimate of drug-likeness (QED) is 0.864. The third-order valence-corrected chi connectivity index (χ3v) is 3.31. The van der Waals surface area contributed by atoms with Gasteiger partial charge in [0.05, 0.1) is 11.3 Å². The van der Waals surface area contributed by atoms with E-state index in [-0.39, 0.29) is 0 Å². The lowest BCUT2D eigenvalue weighted by atomic mass is 10.1. The zero-order valence-corrected chi connectivity index (χ0v) is 12.3. The number of carbonyl (C=O) groups excluding carboxylic acids is 1. The van der Waals surface area contributed by atoms with Crippen molar-refractivity contribution in [3.63, 3.8) is 0 Å². The fourth-order valence-corrected chi connectivity index (χ4v) is 2.22. The number of hydrogen-bond donors (Lipinski definition) is 2. The number of carboxylic acids is 1. The van der Waals surface area contributed by atoms with Gasteiger partial charge in [-0.2, -0.15) is 5.10 Å². The molecule has 0 saturated carbocycles. The smallest absolute Gasteiger partial charge is 0.326 e. The first-order chi connectivity index (χ1) is 9.93. The van der Waals surface area contributed by atoms with Crippen LogP contribution in [0, 0.1) is 6.92 Å². The van der Waals surface area contributed by atoms with Crippen LogP contribution in [0.25, 0.3) is 11.0 Å². The first-order valence-electron chi connectivity index (χ1n) is 6.77. The van der Waals surface area contributed by atoms with Crippen LogP contribution in [0.4, 0.5) is 0 Å². The van der Waals surface area contributed by atoms with Gasteiger partial charge in [0.2, 0.25) is 0 Å². The summed E-state index contributed by atoms with van der Waals surface area (Å²) < 4.78 is 1.64. The van der Waals surface area contributed by atoms with Gasteiger partial charge < -0.3 is 10.4 Å². The molecule has 0 aromatic carbocycles. The first-order valence-corrected chi connectivity index (χ1v) is 6.77. The molecule has 2 aromatic rings. The van der Waals surface area contributed by atoms with E-state index in [2.05, 4.69) is 15.4 Å². The Kier molecular flexibility index (Phi) is 4.21. The molecule has 112 valence electrons. The van der Waals surface area contributed by atoms with Gasteiger partial charge in [-0.15, -0.1) is 0 Å². The van der Waals surface area contributed by atoms with Gasteiger partial charge in [0.25, 0.3) is 5.91 Å². The second-order valence-electron chi connectivity index (χ2n) is 4.96. The van der Waals surface area contributed by atoms with Crippen molar-refractivity contribution in [1.29, 1.82) is 0 Å². The number of nitrogens with zero attached hydrogens (tertiary/aromatic N) is 3. The second-order valence-corrected chi connectivity index (χ2v) is 4.96. The Balaban J connectivity index is 2.27. The number of hydrogen-bond acceptors (Lipinski definition) is 4. The van der Waals surface area contributed by atoms with Crippen LogP contribution in [0.1, 0.15) is 35.8 Å². The van der Waals surface area contributed by atoms with Gasteiger partial charge in [-0.1, -0.05) is 13.3 Å². The Hall–Kier alpha value is -2.44. The lowest BCUT2D eigenvalue weighted by molar-refractivity contribution is -0.139. The van der Waals surface area contributed by atoms with E-state index < -0.39 is 17.9 Å². The number of pyridine rings is 1. The van der Waals surface area contributed by atoms with Crippen molar-refractivity contribution in [3.05, 3.63) is 23.5 Å². The van der Waals surface area contributed by atoms with E-state index in [0.29, 0.717) is 24.1 Å². The number of amides is 1. The van der Waals surface area contributed by atoms with Crippen LogP contribution in [-0.2, 0) is 11.8 Å². The average Bonchev–Trinajstić information content (AvgIpc) is 2.73. The van der Waals surface area contributed by atoms with E-state index in [9.17, 15) is 9.59 Å². The number of rotatable bonds is 5. The molecule has 0 aliphatic carbocycles. The highest BCUT2D eigenvalue weighted by molar-refractivity contribution is 5.99. The van der Waals surface area contributed by atoms with Crippen molar-refractivity contribution < 1.29 is 14.7 Å². The Labute approximate surface area is 122 Å². The molecule has 1 atom stereocenters. The van der Waals surface area contributed by atoms with Gasteiger partial charge in [0, 0.05) is 18.6 Å². The molecule has 0 spiro atoms. The summed E-state index contributed by atoms with van der Waals surface area (Å²) in [5.74, 6) is -1.47. The number of carboxylic acid groups (broad SMARTS) is 1. The van der Waals surface area contributed by atoms with Crippen LogP contribution >= 0.6 is 0 Å². The summed E-state index contributed by atoms with van der Waals surface area (Å²) in [5, 5.41) is 16.6. The van der Waals surface area contributed by atoms with Crippen LogP contribution in [0.2, 0.25) is 0 Å². The molecule has 0 aliphatic heterocycles. The van der Waals surface area contributed by atoms with Crippen LogP contribution in [0.3, 0.4) is 0 Å². The van der Waals surface area contributed by atoms with E-state index in [0.717, 1.165) is 11.1 Å². The predicted octanol–water partition coefficient (Wildman–Crippen LogP) is 1.26. The highest BCUT2D eigenvalue weighted by atomic mass is 16.4. The maximum absolute atomic E-state index is 12.2. The van der Waals surface area contributed by atoms with Gasteiger partial charge in [-0.3, -0.25) is 9.48 Å². The van der Waals surface area contributed by atoms with E-state index in [1.54, 1.807) is 17.8 Å². The molecule has 0 saturated heterocycles. The minimum Gasteiger partial charge on any atom is -0.480 e. The van der Waals surface area contributed by atoms with Gasteiger partial charge in [-0.25, -0.2) is 9.78 Å². The fourth-order valence-electron chi connectivity index (χ4n) is 2.22. The number of aromatic nitrogens is 3. The molecule has 1 amide bonds. The largest absolute Gasteiger partial charge is 0.480 e. The molecule has 0 bridgehead atoms. The Morgan fingerprint density at radius 2 is 2.19 bits per heavy atom. The van der Waals surface area contributed by atoms with Crippen LogP contribution in [-0.4, -0.2) is 37.8 Å². The number of aliphatic carboxylic acids is 1. The molecular weight excluding hydrogens is 272 g/mol. The van der Waals surface area contributed by atoms with E-state index in [4.69, 9.17) is 5.11 Å². The lowest BCUT2D eigenvalue weighted by Crippen LogP contribution is -2.40. The number of carbonyl (C=O) groups is 2. The minimum absolute atomic E-state index is 0.334. The first kappa shape index (κ1) is 15.0. The molecule has 2 aromatic heterocycles. The maximum atomic E-state index is 12.2. The normalized spacial score (nSPS) is 12.3. The number of nitrogens with one attached hydrogen (secondary N) is 1. The summed E-state index contributed by atoms with van der Waals surface area (Å²) in [7, 11) is 1.78. The Morgan fingerprint density at radius 3 is 2.81 bits per heavy atom. The molecular formula is C14H18N4O3. The highest BCUT2D eigenvalue weighted by Crippen LogP contribution is 2.16. The minimum atomic E-state index is -1.03. The van der Waals surface area contributed by atoms with Crippen LogP contribution in [0.15, 0.2) is 12.3 Å². The van der Waals surface area contributed by atoms with Crippen molar-refractivity contribution in [1.82, 2.24) is 20.1 Å². The lowest BCUT2D eigenvalue weighted by Gasteiger charge is -2.13. The van der Waals surface area contributed by atoms with E-state index >= 15 is 0 Å². The summed E-state index contributed by atoms with van der Waals surface area (Å²) in [6.07, 6.45) is 2.50. The molecule has 1 unspecified atom stereocenters. The molecule has 0 aliphatic rings. The van der Waals surface area contributed by atoms with Crippen molar-refractivity contribution in [2.45, 2.75) is 32.7 Å². The zero-order chi connectivity index (χ0) is 15.6. The van der Waals surface area contributed by atoms with E-state index in [1.807, 2.05) is 13.8 Å². The molecule has 2 heterocycles. The van der Waals surface area contributed by atoms with E-state index in [1.165, 1.54) is 6.20 Å². The molecule has 7 nitrogen and oxygen atoms in total. The summed E-state index contributed by atoms with van der Waals surface area (Å²) in [6, 6.07) is 0.804. The van der Waals surface area contributed by atoms with Gasteiger partial charge >= 0.3 is 5.97 Å². The summed E-state index contributed by atoms with van der Waals surface area (Å²) in [5.41, 5.74) is 1.80. The van der Waals surface area contributed by atoms with Crippen molar-refractivity contribution in [2.24, 2.45) is 7.05 Å². The molecule has 7 heteroatoms. The summed E-state index contributed by atoms with van der Waals surface area (Å²) >= 11 is 0. The molecule has 0 radical (unpaired) electrons. The number of aryl methyl sites for hydroxylation is 2. The molecule has 2 rings (SSSR count). The average molecular weight is 290 g/mol. The Morgan fingerprint density at radius 1 is 1.48 bits per heavy atom. The summed E-state index contributed by atoms with van der Waals surface area (Å²) in [6.45, 7) is 3.71. The van der Waals surface area contributed by atoms with Gasteiger partial charge in [-0.05, 0) is 19.4 Å². The third kappa shape index (κ3) is 3.01. The molecule has 21 heavy (non-hydrogen) atoms.